The molecule has 0 amide bonds. The van der Waals surface area contributed by atoms with E-state index in [2.05, 4.69) is 25.9 Å². The fourth-order valence-electron chi connectivity index (χ4n) is 1.45. The Morgan fingerprint density at radius 2 is 1.76 bits per heavy atom. The van der Waals surface area contributed by atoms with Crippen molar-refractivity contribution in [1.82, 2.24) is 4.83 Å². The third-order valence-corrected chi connectivity index (χ3v) is 4.91. The number of hydrogen-bond acceptors (Lipinski definition) is 3. The molecular weight excluding hydrogens is 399 g/mol. The summed E-state index contributed by atoms with van der Waals surface area (Å²) in [6, 6.07) is 11.4. The van der Waals surface area contributed by atoms with Crippen LogP contribution in [0.3, 0.4) is 0 Å². The first-order valence-corrected chi connectivity index (χ1v) is 8.67. The zero-order valence-corrected chi connectivity index (χ0v) is 14.3. The highest BCUT2D eigenvalue weighted by Crippen LogP contribution is 2.24. The maximum absolute atomic E-state index is 12.1. The standard InChI is InChI=1S/C13H9BrCl2N2O2S/c14-10-3-1-9(2-4-10)8-17-18-21(19,20)13-7-11(15)5-6-12(13)16/h1-8,18H/b17-8+. The largest absolute Gasteiger partial charge is 0.278 e. The van der Waals surface area contributed by atoms with Gasteiger partial charge in [0.25, 0.3) is 10.0 Å². The summed E-state index contributed by atoms with van der Waals surface area (Å²) in [5, 5.41) is 4.06. The van der Waals surface area contributed by atoms with Gasteiger partial charge < -0.3 is 0 Å². The number of halogens is 3. The zero-order chi connectivity index (χ0) is 15.5. The quantitative estimate of drug-likeness (QED) is 0.613. The first-order valence-electron chi connectivity index (χ1n) is 5.64. The first-order chi connectivity index (χ1) is 9.88. The molecule has 0 saturated carbocycles. The lowest BCUT2D eigenvalue weighted by atomic mass is 10.2. The highest BCUT2D eigenvalue weighted by Gasteiger charge is 2.17. The monoisotopic (exact) mass is 406 g/mol. The number of nitrogens with zero attached hydrogens (tertiary/aromatic N) is 1. The van der Waals surface area contributed by atoms with Gasteiger partial charge >= 0.3 is 0 Å². The van der Waals surface area contributed by atoms with Gasteiger partial charge in [-0.1, -0.05) is 51.3 Å². The van der Waals surface area contributed by atoms with Gasteiger partial charge in [0.2, 0.25) is 0 Å². The van der Waals surface area contributed by atoms with E-state index in [0.717, 1.165) is 10.0 Å². The average molecular weight is 408 g/mol. The van der Waals surface area contributed by atoms with Gasteiger partial charge in [-0.25, -0.2) is 4.83 Å². The van der Waals surface area contributed by atoms with Crippen molar-refractivity contribution in [1.29, 1.82) is 0 Å². The molecule has 8 heteroatoms. The molecule has 2 rings (SSSR count). The van der Waals surface area contributed by atoms with Crippen LogP contribution in [-0.2, 0) is 10.0 Å². The molecule has 0 unspecified atom stereocenters. The van der Waals surface area contributed by atoms with E-state index in [1.165, 1.54) is 24.4 Å². The van der Waals surface area contributed by atoms with Crippen molar-refractivity contribution in [3.05, 3.63) is 62.5 Å². The molecule has 0 radical (unpaired) electrons. The topological polar surface area (TPSA) is 58.5 Å². The van der Waals surface area contributed by atoms with Crippen LogP contribution in [0.1, 0.15) is 5.56 Å². The molecule has 1 N–H and O–H groups in total. The Morgan fingerprint density at radius 3 is 2.43 bits per heavy atom. The minimum absolute atomic E-state index is 0.0748. The molecule has 0 aliphatic rings. The molecule has 0 aromatic heterocycles. The Balaban J connectivity index is 2.18. The van der Waals surface area contributed by atoms with Crippen molar-refractivity contribution in [3.63, 3.8) is 0 Å². The van der Waals surface area contributed by atoms with Crippen molar-refractivity contribution in [2.24, 2.45) is 5.10 Å². The Kier molecular flexibility index (Phi) is 5.27. The van der Waals surface area contributed by atoms with Crippen LogP contribution < -0.4 is 4.83 Å². The van der Waals surface area contributed by atoms with E-state index < -0.39 is 10.0 Å². The van der Waals surface area contributed by atoms with Crippen molar-refractivity contribution in [3.8, 4) is 0 Å². The summed E-state index contributed by atoms with van der Waals surface area (Å²) in [6.45, 7) is 0. The molecule has 21 heavy (non-hydrogen) atoms. The van der Waals surface area contributed by atoms with Crippen LogP contribution in [0.4, 0.5) is 0 Å². The number of hydrazone groups is 1. The molecule has 0 saturated heterocycles. The van der Waals surface area contributed by atoms with E-state index in [1.807, 2.05) is 12.1 Å². The first kappa shape index (κ1) is 16.3. The van der Waals surface area contributed by atoms with Crippen LogP contribution in [-0.4, -0.2) is 14.6 Å². The molecule has 0 aliphatic carbocycles. The normalized spacial score (nSPS) is 11.8. The summed E-state index contributed by atoms with van der Waals surface area (Å²) in [5.74, 6) is 0. The summed E-state index contributed by atoms with van der Waals surface area (Å²) in [6.07, 6.45) is 1.39. The molecule has 0 atom stereocenters. The van der Waals surface area contributed by atoms with Gasteiger partial charge in [-0.2, -0.15) is 13.5 Å². The maximum Gasteiger partial charge on any atom is 0.278 e. The fraction of sp³-hybridized carbons (Fsp3) is 0. The third kappa shape index (κ3) is 4.44. The molecule has 0 spiro atoms. The minimum Gasteiger partial charge on any atom is -0.200 e. The summed E-state index contributed by atoms with van der Waals surface area (Å²) >= 11 is 14.9. The lowest BCUT2D eigenvalue weighted by Crippen LogP contribution is -2.18. The second-order valence-electron chi connectivity index (χ2n) is 3.98. The highest BCUT2D eigenvalue weighted by atomic mass is 79.9. The molecule has 0 bridgehead atoms. The highest BCUT2D eigenvalue weighted by molar-refractivity contribution is 9.10. The van der Waals surface area contributed by atoms with Gasteiger partial charge in [-0.3, -0.25) is 0 Å². The van der Waals surface area contributed by atoms with Gasteiger partial charge in [0.05, 0.1) is 11.2 Å². The van der Waals surface area contributed by atoms with Crippen LogP contribution in [0.15, 0.2) is 56.9 Å². The van der Waals surface area contributed by atoms with Gasteiger partial charge in [-0.05, 0) is 35.9 Å². The van der Waals surface area contributed by atoms with E-state index in [1.54, 1.807) is 12.1 Å². The Hall–Kier alpha value is -1.08. The second-order valence-corrected chi connectivity index (χ2v) is 7.37. The molecule has 2 aromatic rings. The Morgan fingerprint density at radius 1 is 1.10 bits per heavy atom. The van der Waals surface area contributed by atoms with E-state index in [-0.39, 0.29) is 14.9 Å². The molecule has 110 valence electrons. The molecule has 4 nitrogen and oxygen atoms in total. The van der Waals surface area contributed by atoms with Gasteiger partial charge in [0, 0.05) is 9.50 Å². The molecule has 0 fully saturated rings. The smallest absolute Gasteiger partial charge is 0.200 e. The third-order valence-electron chi connectivity index (χ3n) is 2.44. The molecule has 2 aromatic carbocycles. The number of nitrogens with one attached hydrogen (secondary N) is 1. The predicted molar refractivity (Wildman–Crippen MR) is 88.5 cm³/mol. The van der Waals surface area contributed by atoms with E-state index >= 15 is 0 Å². The number of hydrogen-bond donors (Lipinski definition) is 1. The fourth-order valence-corrected chi connectivity index (χ4v) is 3.27. The molecular formula is C13H9BrCl2N2O2S. The van der Waals surface area contributed by atoms with Crippen molar-refractivity contribution >= 4 is 55.4 Å². The molecule has 0 heterocycles. The summed E-state index contributed by atoms with van der Waals surface area (Å²) in [7, 11) is -3.87. The number of sulfonamides is 1. The van der Waals surface area contributed by atoms with Gasteiger partial charge in [0.1, 0.15) is 4.90 Å². The van der Waals surface area contributed by atoms with E-state index in [9.17, 15) is 8.42 Å². The number of rotatable bonds is 4. The maximum atomic E-state index is 12.1. The van der Waals surface area contributed by atoms with Crippen molar-refractivity contribution in [2.45, 2.75) is 4.90 Å². The van der Waals surface area contributed by atoms with Crippen LogP contribution >= 0.6 is 39.1 Å². The SMILES string of the molecule is O=S(=O)(N/N=C/c1ccc(Br)cc1)c1cc(Cl)ccc1Cl. The lowest BCUT2D eigenvalue weighted by molar-refractivity contribution is 0.585. The summed E-state index contributed by atoms with van der Waals surface area (Å²) in [5.41, 5.74) is 0.748. The van der Waals surface area contributed by atoms with Crippen LogP contribution in [0.2, 0.25) is 10.0 Å². The van der Waals surface area contributed by atoms with Gasteiger partial charge in [-0.15, -0.1) is 0 Å². The lowest BCUT2D eigenvalue weighted by Gasteiger charge is -2.05. The van der Waals surface area contributed by atoms with Crippen LogP contribution in [0.25, 0.3) is 0 Å². The minimum atomic E-state index is -3.87. The predicted octanol–water partition coefficient (Wildman–Crippen LogP) is 4.07. The second kappa shape index (κ2) is 6.79. The van der Waals surface area contributed by atoms with Crippen molar-refractivity contribution < 1.29 is 8.42 Å². The van der Waals surface area contributed by atoms with E-state index in [0.29, 0.717) is 0 Å². The zero-order valence-electron chi connectivity index (χ0n) is 10.4. The van der Waals surface area contributed by atoms with Crippen LogP contribution in [0, 0.1) is 0 Å². The van der Waals surface area contributed by atoms with Crippen LogP contribution in [0.5, 0.6) is 0 Å². The van der Waals surface area contributed by atoms with Gasteiger partial charge in [0.15, 0.2) is 0 Å². The summed E-state index contributed by atoms with van der Waals surface area (Å²) < 4.78 is 25.1. The number of benzene rings is 2. The van der Waals surface area contributed by atoms with E-state index in [4.69, 9.17) is 23.2 Å². The molecule has 0 aliphatic heterocycles. The van der Waals surface area contributed by atoms with Crippen molar-refractivity contribution in [2.75, 3.05) is 0 Å². The Bertz CT molecular complexity index is 777. The Labute approximate surface area is 141 Å². The average Bonchev–Trinajstić information content (AvgIpc) is 2.43. The summed E-state index contributed by atoms with van der Waals surface area (Å²) in [4.78, 5) is 1.97.